The van der Waals surface area contributed by atoms with Gasteiger partial charge >= 0.3 is 12.1 Å². The summed E-state index contributed by atoms with van der Waals surface area (Å²) in [7, 11) is 0. The maximum atomic E-state index is 12.5. The number of primary amides is 1. The minimum absolute atomic E-state index is 0.0772. The number of hydrogen-bond donors (Lipinski definition) is 4. The molecule has 10 nitrogen and oxygen atoms in total. The van der Waals surface area contributed by atoms with Gasteiger partial charge in [-0.25, -0.2) is 9.59 Å². The fraction of sp³-hybridized carbons (Fsp3) is 0.700. The Bertz CT molecular complexity index is 833. The normalized spacial score (nSPS) is 30.9. The summed E-state index contributed by atoms with van der Waals surface area (Å²) in [5.41, 5.74) is 4.99. The van der Waals surface area contributed by atoms with Crippen LogP contribution in [0.4, 0.5) is 4.79 Å². The van der Waals surface area contributed by atoms with Gasteiger partial charge in [-0.05, 0) is 20.3 Å². The fourth-order valence-corrected chi connectivity index (χ4v) is 6.87. The van der Waals surface area contributed by atoms with Gasteiger partial charge < -0.3 is 30.9 Å². The van der Waals surface area contributed by atoms with Crippen molar-refractivity contribution in [1.82, 2.24) is 10.2 Å². The summed E-state index contributed by atoms with van der Waals surface area (Å²) in [6.07, 6.45) is -0.734. The Morgan fingerprint density at radius 1 is 1.44 bits per heavy atom. The molecule has 0 saturated carbocycles. The molecule has 2 saturated heterocycles. The molecule has 3 heterocycles. The van der Waals surface area contributed by atoms with Crippen LogP contribution in [-0.2, 0) is 14.3 Å². The predicted molar refractivity (Wildman–Crippen MR) is 123 cm³/mol. The highest BCUT2D eigenvalue weighted by molar-refractivity contribution is 8.13. The summed E-state index contributed by atoms with van der Waals surface area (Å²) in [5.74, 6) is -1.24. The van der Waals surface area contributed by atoms with Crippen LogP contribution in [0.2, 0.25) is 0 Å². The molecule has 178 valence electrons. The van der Waals surface area contributed by atoms with Gasteiger partial charge in [0.1, 0.15) is 12.3 Å². The van der Waals surface area contributed by atoms with Gasteiger partial charge in [-0.15, -0.1) is 23.5 Å². The Kier molecular flexibility index (Phi) is 8.12. The first-order valence-corrected chi connectivity index (χ1v) is 12.4. The largest absolute Gasteiger partial charge is 0.477 e. The minimum atomic E-state index is -1.09. The zero-order valence-electron chi connectivity index (χ0n) is 18.3. The molecule has 0 aromatic carbocycles. The molecule has 0 spiro atoms. The molecule has 12 heteroatoms. The van der Waals surface area contributed by atoms with Crippen molar-refractivity contribution in [3.8, 4) is 0 Å². The van der Waals surface area contributed by atoms with Crippen LogP contribution in [0, 0.1) is 11.8 Å². The van der Waals surface area contributed by atoms with Crippen LogP contribution in [-0.4, -0.2) is 87.0 Å². The Hall–Kier alpha value is -1.76. The maximum Gasteiger partial charge on any atom is 0.404 e. The van der Waals surface area contributed by atoms with Crippen LogP contribution < -0.4 is 11.1 Å². The third-order valence-corrected chi connectivity index (χ3v) is 8.58. The molecular weight excluding hydrogens is 456 g/mol. The number of carbonyl (C=O) groups excluding carboxylic acids is 2. The van der Waals surface area contributed by atoms with Gasteiger partial charge in [0.25, 0.3) is 0 Å². The highest BCUT2D eigenvalue weighted by Gasteiger charge is 2.60. The molecule has 5 N–H and O–H groups in total. The number of nitrogens with two attached hydrogens (primary N) is 1. The van der Waals surface area contributed by atoms with Crippen LogP contribution in [0.15, 0.2) is 15.6 Å². The number of aliphatic imine (C=N–C) groups is 1. The predicted octanol–water partition coefficient (Wildman–Crippen LogP) is 0.851. The van der Waals surface area contributed by atoms with E-state index >= 15 is 0 Å². The molecule has 0 bridgehead atoms. The molecule has 32 heavy (non-hydrogen) atoms. The van der Waals surface area contributed by atoms with Gasteiger partial charge in [-0.2, -0.15) is 0 Å². The summed E-state index contributed by atoms with van der Waals surface area (Å²) in [4.78, 5) is 41.4. The monoisotopic (exact) mass is 486 g/mol. The van der Waals surface area contributed by atoms with Gasteiger partial charge in [-0.1, -0.05) is 6.92 Å². The number of nitrogens with one attached hydrogen (secondary N) is 1. The molecule has 2 fully saturated rings. The van der Waals surface area contributed by atoms with Gasteiger partial charge in [0, 0.05) is 34.4 Å². The second kappa shape index (κ2) is 10.4. The van der Waals surface area contributed by atoms with Gasteiger partial charge in [0.05, 0.1) is 29.7 Å². The number of β-lactam (4-membered cyclic amide) rings is 1. The quantitative estimate of drug-likeness (QED) is 0.161. The Morgan fingerprint density at radius 3 is 2.78 bits per heavy atom. The van der Waals surface area contributed by atoms with Crippen LogP contribution in [0.1, 0.15) is 27.2 Å². The third-order valence-electron chi connectivity index (χ3n) is 5.95. The van der Waals surface area contributed by atoms with E-state index in [0.29, 0.717) is 6.54 Å². The molecular formula is C20H30N4O6S2. The van der Waals surface area contributed by atoms with Crippen molar-refractivity contribution in [2.24, 2.45) is 22.6 Å². The summed E-state index contributed by atoms with van der Waals surface area (Å²) in [5, 5.41) is 24.3. The molecule has 0 aromatic heterocycles. The van der Waals surface area contributed by atoms with E-state index in [9.17, 15) is 24.6 Å². The van der Waals surface area contributed by atoms with Crippen LogP contribution in [0.25, 0.3) is 0 Å². The first-order chi connectivity index (χ1) is 15.1. The second-order valence-electron chi connectivity index (χ2n) is 8.23. The Labute approximate surface area is 195 Å². The van der Waals surface area contributed by atoms with Gasteiger partial charge in [0.2, 0.25) is 5.91 Å². The number of nitrogens with zero attached hydrogens (tertiary/aromatic N) is 2. The maximum absolute atomic E-state index is 12.5. The Balaban J connectivity index is 1.54. The lowest BCUT2D eigenvalue weighted by molar-refractivity contribution is -0.163. The zero-order valence-corrected chi connectivity index (χ0v) is 19.9. The van der Waals surface area contributed by atoms with Crippen molar-refractivity contribution in [3.05, 3.63) is 10.6 Å². The molecule has 0 aliphatic carbocycles. The number of rotatable bonds is 9. The molecule has 3 aliphatic rings. The average Bonchev–Trinajstić information content (AvgIpc) is 3.25. The van der Waals surface area contributed by atoms with E-state index in [-0.39, 0.29) is 41.5 Å². The summed E-state index contributed by atoms with van der Waals surface area (Å²) in [6.45, 7) is 6.70. The molecule has 3 rings (SSSR count). The van der Waals surface area contributed by atoms with Crippen molar-refractivity contribution in [3.63, 3.8) is 0 Å². The molecule has 1 unspecified atom stereocenters. The van der Waals surface area contributed by atoms with Crippen LogP contribution in [0.3, 0.4) is 0 Å². The van der Waals surface area contributed by atoms with E-state index in [4.69, 9.17) is 5.73 Å². The second-order valence-corrected chi connectivity index (χ2v) is 10.8. The highest BCUT2D eigenvalue weighted by atomic mass is 32.2. The molecule has 6 atom stereocenters. The number of aliphatic hydroxyl groups is 1. The van der Waals surface area contributed by atoms with E-state index < -0.39 is 24.1 Å². The smallest absolute Gasteiger partial charge is 0.404 e. The average molecular weight is 487 g/mol. The van der Waals surface area contributed by atoms with E-state index in [0.717, 1.165) is 28.7 Å². The summed E-state index contributed by atoms with van der Waals surface area (Å²) in [6, 6.07) is -0.0202. The lowest BCUT2D eigenvalue weighted by Crippen LogP contribution is -2.63. The molecule has 0 aromatic rings. The standard InChI is InChI=1S/C20H30N4O6S2/c1-9-15-14(10(2)25)18(26)24(15)16(19(27)28)17(9)32-13-6-12(23-7-13)8-31-11(3)22-4-5-30-20(21)29/h9-10,12-15,23,25H,4-8H2,1-3H3,(H2,21,29)(H,27,28)/t9-,10-,12+,13+,14-,15?/m1/s1. The SMILES string of the molecule is CC(=NCCOC(N)=O)SC[C@@H]1C[C@H](SC2=C(C(=O)O)N3C(=O)[C@H]([C@@H](C)O)C3[C@H]2C)CN1. The number of aliphatic hydroxyl groups excluding tert-OH is 1. The van der Waals surface area contributed by atoms with E-state index in [1.54, 1.807) is 30.4 Å². The van der Waals surface area contributed by atoms with E-state index in [1.165, 1.54) is 4.90 Å². The summed E-state index contributed by atoms with van der Waals surface area (Å²) < 4.78 is 4.65. The fourth-order valence-electron chi connectivity index (χ4n) is 4.47. The number of carbonyl (C=O) groups is 3. The van der Waals surface area contributed by atoms with Crippen molar-refractivity contribution >= 4 is 46.5 Å². The molecule has 2 amide bonds. The van der Waals surface area contributed by atoms with Gasteiger partial charge in [0.15, 0.2) is 0 Å². The van der Waals surface area contributed by atoms with Crippen molar-refractivity contribution in [1.29, 1.82) is 0 Å². The van der Waals surface area contributed by atoms with E-state index in [2.05, 4.69) is 15.0 Å². The topological polar surface area (TPSA) is 155 Å². The number of hydrogen-bond acceptors (Lipinski definition) is 9. The first-order valence-electron chi connectivity index (χ1n) is 10.6. The Morgan fingerprint density at radius 2 is 2.16 bits per heavy atom. The van der Waals surface area contributed by atoms with Gasteiger partial charge in [-0.3, -0.25) is 9.79 Å². The number of aliphatic carboxylic acids is 1. The van der Waals surface area contributed by atoms with Crippen LogP contribution in [0.5, 0.6) is 0 Å². The number of ether oxygens (including phenoxy) is 1. The molecule has 3 aliphatic heterocycles. The van der Waals surface area contributed by atoms with Crippen molar-refractivity contribution < 1.29 is 29.3 Å². The lowest BCUT2D eigenvalue weighted by atomic mass is 9.79. The molecule has 0 radical (unpaired) electrons. The lowest BCUT2D eigenvalue weighted by Gasteiger charge is -2.46. The number of thioether (sulfide) groups is 2. The van der Waals surface area contributed by atoms with Crippen molar-refractivity contribution in [2.75, 3.05) is 25.4 Å². The number of fused-ring (bicyclic) bond motifs is 1. The number of carboxylic acid groups (broad SMARTS) is 1. The zero-order chi connectivity index (χ0) is 23.6. The van der Waals surface area contributed by atoms with Crippen molar-refractivity contribution in [2.45, 2.75) is 50.6 Å². The first kappa shape index (κ1) is 24.9. The minimum Gasteiger partial charge on any atom is -0.477 e. The number of amides is 2. The third kappa shape index (κ3) is 5.24. The van der Waals surface area contributed by atoms with Crippen LogP contribution >= 0.6 is 23.5 Å². The van der Waals surface area contributed by atoms with E-state index in [1.807, 2.05) is 13.8 Å². The summed E-state index contributed by atoms with van der Waals surface area (Å²) >= 11 is 3.16. The highest BCUT2D eigenvalue weighted by Crippen LogP contribution is 2.51. The number of carboxylic acids is 1.